The SMILES string of the molecule is CCCCCC/C=C/CCCCCCCCCCCCCCCCCCC(CC(=O)O)C(=O)OCCC. The van der Waals surface area contributed by atoms with Gasteiger partial charge in [-0.25, -0.2) is 0 Å². The van der Waals surface area contributed by atoms with Gasteiger partial charge in [-0.1, -0.05) is 142 Å². The second-order valence-corrected chi connectivity index (χ2v) is 11.0. The van der Waals surface area contributed by atoms with Crippen LogP contribution in [-0.4, -0.2) is 23.7 Å². The lowest BCUT2D eigenvalue weighted by Crippen LogP contribution is -2.21. The molecule has 37 heavy (non-hydrogen) atoms. The molecule has 4 nitrogen and oxygen atoms in total. The summed E-state index contributed by atoms with van der Waals surface area (Å²) in [5, 5.41) is 9.04. The molecule has 0 heterocycles. The fraction of sp³-hybridized carbons (Fsp3) is 0.879. The maximum absolute atomic E-state index is 12.0. The minimum atomic E-state index is -0.916. The second kappa shape index (κ2) is 29.2. The van der Waals surface area contributed by atoms with E-state index in [9.17, 15) is 9.59 Å². The summed E-state index contributed by atoms with van der Waals surface area (Å²) in [5.74, 6) is -1.74. The maximum atomic E-state index is 12.0. The van der Waals surface area contributed by atoms with Crippen molar-refractivity contribution in [1.82, 2.24) is 0 Å². The summed E-state index contributed by atoms with van der Waals surface area (Å²) in [6.45, 7) is 4.60. The van der Waals surface area contributed by atoms with Gasteiger partial charge < -0.3 is 9.84 Å². The standard InChI is InChI=1S/C33H62O4/c1-3-5-6-7-8-9-10-11-12-13-14-15-16-17-18-19-20-21-22-23-24-25-26-27-28-31(30-32(34)35)33(36)37-29-4-2/h9-10,31H,3-8,11-30H2,1-2H3,(H,34,35)/b10-9+. The summed E-state index contributed by atoms with van der Waals surface area (Å²) in [6, 6.07) is 0. The van der Waals surface area contributed by atoms with Crippen LogP contribution in [0.3, 0.4) is 0 Å². The van der Waals surface area contributed by atoms with Gasteiger partial charge >= 0.3 is 11.9 Å². The largest absolute Gasteiger partial charge is 0.481 e. The van der Waals surface area contributed by atoms with E-state index in [0.717, 1.165) is 19.3 Å². The van der Waals surface area contributed by atoms with Crippen molar-refractivity contribution in [2.24, 2.45) is 5.92 Å². The number of aliphatic carboxylic acids is 1. The highest BCUT2D eigenvalue weighted by Crippen LogP contribution is 2.18. The molecule has 1 N–H and O–H groups in total. The molecule has 0 aliphatic carbocycles. The number of hydrogen-bond acceptors (Lipinski definition) is 3. The van der Waals surface area contributed by atoms with Crippen molar-refractivity contribution in [2.45, 2.75) is 174 Å². The summed E-state index contributed by atoms with van der Waals surface area (Å²) >= 11 is 0. The molecule has 0 aromatic carbocycles. The topological polar surface area (TPSA) is 63.6 Å². The first kappa shape index (κ1) is 35.7. The zero-order chi connectivity index (χ0) is 27.2. The molecule has 0 aliphatic rings. The monoisotopic (exact) mass is 522 g/mol. The van der Waals surface area contributed by atoms with Crippen molar-refractivity contribution in [3.8, 4) is 0 Å². The van der Waals surface area contributed by atoms with Crippen molar-refractivity contribution in [3.63, 3.8) is 0 Å². The van der Waals surface area contributed by atoms with Crippen LogP contribution in [0.4, 0.5) is 0 Å². The normalized spacial score (nSPS) is 12.3. The third-order valence-electron chi connectivity index (χ3n) is 7.27. The van der Waals surface area contributed by atoms with Gasteiger partial charge in [0, 0.05) is 0 Å². The molecule has 1 atom stereocenters. The van der Waals surface area contributed by atoms with Gasteiger partial charge in [-0.15, -0.1) is 0 Å². The molecule has 0 aliphatic heterocycles. The number of esters is 1. The van der Waals surface area contributed by atoms with Crippen LogP contribution in [0.15, 0.2) is 12.2 Å². The first-order valence-electron chi connectivity index (χ1n) is 16.1. The number of carboxylic acid groups (broad SMARTS) is 1. The van der Waals surface area contributed by atoms with Crippen LogP contribution in [-0.2, 0) is 14.3 Å². The highest BCUT2D eigenvalue weighted by atomic mass is 16.5. The third kappa shape index (κ3) is 27.5. The average Bonchev–Trinajstić information content (AvgIpc) is 2.88. The molecule has 0 aromatic rings. The molecule has 0 saturated carbocycles. The smallest absolute Gasteiger partial charge is 0.309 e. The number of hydrogen-bond donors (Lipinski definition) is 1. The van der Waals surface area contributed by atoms with Crippen LogP contribution in [0.1, 0.15) is 174 Å². The molecule has 0 fully saturated rings. The Morgan fingerprint density at radius 1 is 0.595 bits per heavy atom. The van der Waals surface area contributed by atoms with E-state index in [4.69, 9.17) is 9.84 Å². The molecule has 0 bridgehead atoms. The number of carbonyl (C=O) groups is 2. The molecule has 0 saturated heterocycles. The number of ether oxygens (including phenoxy) is 1. The number of rotatable bonds is 29. The Labute approximate surface area is 230 Å². The molecular weight excluding hydrogens is 460 g/mol. The Hall–Kier alpha value is -1.32. The van der Waals surface area contributed by atoms with Crippen LogP contribution in [0.25, 0.3) is 0 Å². The Balaban J connectivity index is 3.36. The predicted molar refractivity (Wildman–Crippen MR) is 158 cm³/mol. The van der Waals surface area contributed by atoms with Crippen LogP contribution in [0.5, 0.6) is 0 Å². The van der Waals surface area contributed by atoms with Gasteiger partial charge in [-0.3, -0.25) is 9.59 Å². The molecule has 1 unspecified atom stereocenters. The summed E-state index contributed by atoms with van der Waals surface area (Å²) in [4.78, 5) is 23.0. The molecular formula is C33H62O4. The molecule has 0 amide bonds. The van der Waals surface area contributed by atoms with E-state index in [1.807, 2.05) is 6.92 Å². The molecule has 4 heteroatoms. The zero-order valence-corrected chi connectivity index (χ0v) is 24.8. The van der Waals surface area contributed by atoms with Crippen LogP contribution >= 0.6 is 0 Å². The first-order valence-corrected chi connectivity index (χ1v) is 16.1. The summed E-state index contributed by atoms with van der Waals surface area (Å²) < 4.78 is 5.16. The van der Waals surface area contributed by atoms with Crippen LogP contribution in [0.2, 0.25) is 0 Å². The second-order valence-electron chi connectivity index (χ2n) is 11.0. The average molecular weight is 523 g/mol. The summed E-state index contributed by atoms with van der Waals surface area (Å²) in [6.07, 6.45) is 35.1. The van der Waals surface area contributed by atoms with E-state index < -0.39 is 11.9 Å². The summed E-state index contributed by atoms with van der Waals surface area (Å²) in [5.41, 5.74) is 0. The van der Waals surface area contributed by atoms with Crippen LogP contribution in [0, 0.1) is 5.92 Å². The first-order chi connectivity index (χ1) is 18.1. The number of unbranched alkanes of at least 4 members (excludes halogenated alkanes) is 20. The van der Waals surface area contributed by atoms with Crippen molar-refractivity contribution in [1.29, 1.82) is 0 Å². The lowest BCUT2D eigenvalue weighted by Gasteiger charge is -2.13. The fourth-order valence-electron chi connectivity index (χ4n) is 4.89. The fourth-order valence-corrected chi connectivity index (χ4v) is 4.89. The van der Waals surface area contributed by atoms with Gasteiger partial charge in [0.05, 0.1) is 18.9 Å². The minimum Gasteiger partial charge on any atom is -0.481 e. The van der Waals surface area contributed by atoms with Crippen LogP contribution < -0.4 is 0 Å². The van der Waals surface area contributed by atoms with E-state index in [1.54, 1.807) is 0 Å². The van der Waals surface area contributed by atoms with E-state index >= 15 is 0 Å². The Morgan fingerprint density at radius 3 is 1.41 bits per heavy atom. The highest BCUT2D eigenvalue weighted by molar-refractivity contribution is 5.79. The van der Waals surface area contributed by atoms with Crippen molar-refractivity contribution >= 4 is 11.9 Å². The lowest BCUT2D eigenvalue weighted by molar-refractivity contribution is -0.153. The van der Waals surface area contributed by atoms with E-state index in [1.165, 1.54) is 128 Å². The lowest BCUT2D eigenvalue weighted by atomic mass is 9.97. The predicted octanol–water partition coefficient (Wildman–Crippen LogP) is 10.6. The highest BCUT2D eigenvalue weighted by Gasteiger charge is 2.22. The number of carboxylic acids is 1. The van der Waals surface area contributed by atoms with Gasteiger partial charge in [0.15, 0.2) is 0 Å². The van der Waals surface area contributed by atoms with Crippen molar-refractivity contribution in [3.05, 3.63) is 12.2 Å². The molecule has 0 rings (SSSR count). The third-order valence-corrected chi connectivity index (χ3v) is 7.27. The molecule has 0 spiro atoms. The zero-order valence-electron chi connectivity index (χ0n) is 24.8. The van der Waals surface area contributed by atoms with E-state index in [0.29, 0.717) is 13.0 Å². The Kier molecular flexibility index (Phi) is 28.2. The summed E-state index contributed by atoms with van der Waals surface area (Å²) in [7, 11) is 0. The van der Waals surface area contributed by atoms with E-state index in [-0.39, 0.29) is 12.4 Å². The van der Waals surface area contributed by atoms with Crippen molar-refractivity contribution < 1.29 is 19.4 Å². The Morgan fingerprint density at radius 2 is 1.00 bits per heavy atom. The van der Waals surface area contributed by atoms with Gasteiger partial charge in [0.2, 0.25) is 0 Å². The number of allylic oxidation sites excluding steroid dienone is 2. The van der Waals surface area contributed by atoms with E-state index in [2.05, 4.69) is 19.1 Å². The quantitative estimate of drug-likeness (QED) is 0.0602. The van der Waals surface area contributed by atoms with Gasteiger partial charge in [0.1, 0.15) is 0 Å². The Bertz CT molecular complexity index is 528. The van der Waals surface area contributed by atoms with Crippen molar-refractivity contribution in [2.75, 3.05) is 6.61 Å². The van der Waals surface area contributed by atoms with Gasteiger partial charge in [-0.05, 0) is 38.5 Å². The molecule has 0 aromatic heterocycles. The minimum absolute atomic E-state index is 0.111. The maximum Gasteiger partial charge on any atom is 0.309 e. The molecule has 0 radical (unpaired) electrons. The van der Waals surface area contributed by atoms with Gasteiger partial charge in [0.25, 0.3) is 0 Å². The number of carbonyl (C=O) groups excluding carboxylic acids is 1. The molecule has 218 valence electrons. The van der Waals surface area contributed by atoms with Gasteiger partial charge in [-0.2, -0.15) is 0 Å².